The van der Waals surface area contributed by atoms with Crippen molar-refractivity contribution in [2.24, 2.45) is 0 Å². The van der Waals surface area contributed by atoms with Gasteiger partial charge in [0.1, 0.15) is 18.5 Å². The summed E-state index contributed by atoms with van der Waals surface area (Å²) in [4.78, 5) is 4.34. The third kappa shape index (κ3) is 6.30. The summed E-state index contributed by atoms with van der Waals surface area (Å²) in [7, 11) is 4.10. The lowest BCUT2D eigenvalue weighted by molar-refractivity contribution is 0.0771. The quantitative estimate of drug-likeness (QED) is 0.771. The number of hydrogen-bond donors (Lipinski definition) is 1. The molecule has 0 fully saturated rings. The predicted molar refractivity (Wildman–Crippen MR) is 95.2 cm³/mol. The molecule has 1 N–H and O–H groups in total. The summed E-state index contributed by atoms with van der Waals surface area (Å²) in [6, 6.07) is 19.9. The number of hydrogen-bond acceptors (Lipinski definition) is 4. The third-order valence-electron chi connectivity index (χ3n) is 3.72. The fourth-order valence-corrected chi connectivity index (χ4v) is 2.35. The summed E-state index contributed by atoms with van der Waals surface area (Å²) in [5, 5.41) is 10.1. The molecular weight excluding hydrogens is 288 g/mol. The molecule has 0 saturated carbocycles. The van der Waals surface area contributed by atoms with Crippen LogP contribution in [0.2, 0.25) is 0 Å². The molecule has 0 saturated heterocycles. The first-order valence-electron chi connectivity index (χ1n) is 7.96. The van der Waals surface area contributed by atoms with Crippen molar-refractivity contribution >= 4 is 5.69 Å². The van der Waals surface area contributed by atoms with Crippen LogP contribution in [0, 0.1) is 0 Å². The van der Waals surface area contributed by atoms with Crippen LogP contribution < -0.4 is 9.64 Å². The van der Waals surface area contributed by atoms with Crippen LogP contribution in [0.15, 0.2) is 60.7 Å². The number of likely N-dealkylation sites (N-methyl/N-ethyl adjacent to an activating group) is 2. The second kappa shape index (κ2) is 9.18. The highest BCUT2D eigenvalue weighted by Gasteiger charge is 2.10. The molecule has 0 aromatic heterocycles. The zero-order chi connectivity index (χ0) is 16.5. The molecule has 0 amide bonds. The van der Waals surface area contributed by atoms with Gasteiger partial charge in [0.05, 0.1) is 0 Å². The lowest BCUT2D eigenvalue weighted by atomic mass is 10.3. The molecule has 0 aliphatic heterocycles. The van der Waals surface area contributed by atoms with Crippen LogP contribution in [0.3, 0.4) is 0 Å². The Hall–Kier alpha value is -2.04. The van der Waals surface area contributed by atoms with Gasteiger partial charge in [0.15, 0.2) is 0 Å². The molecule has 23 heavy (non-hydrogen) atoms. The van der Waals surface area contributed by atoms with Gasteiger partial charge in [0, 0.05) is 32.4 Å². The molecule has 2 aromatic rings. The van der Waals surface area contributed by atoms with E-state index in [1.165, 1.54) is 5.69 Å². The minimum Gasteiger partial charge on any atom is -0.491 e. The topological polar surface area (TPSA) is 35.9 Å². The van der Waals surface area contributed by atoms with E-state index in [0.717, 1.165) is 18.8 Å². The Kier molecular flexibility index (Phi) is 6.91. The summed E-state index contributed by atoms with van der Waals surface area (Å²) < 4.78 is 5.58. The second-order valence-corrected chi connectivity index (χ2v) is 5.80. The lowest BCUT2D eigenvalue weighted by Gasteiger charge is -2.25. The number of aliphatic hydroxyl groups excluding tert-OH is 1. The van der Waals surface area contributed by atoms with Gasteiger partial charge in [-0.2, -0.15) is 0 Å². The monoisotopic (exact) mass is 314 g/mol. The van der Waals surface area contributed by atoms with Crippen LogP contribution in [-0.2, 0) is 0 Å². The number of benzene rings is 2. The molecule has 0 bridgehead atoms. The molecule has 4 heteroatoms. The Balaban J connectivity index is 1.66. The van der Waals surface area contributed by atoms with E-state index in [9.17, 15) is 5.11 Å². The largest absolute Gasteiger partial charge is 0.491 e. The van der Waals surface area contributed by atoms with Gasteiger partial charge in [0.25, 0.3) is 0 Å². The summed E-state index contributed by atoms with van der Waals surface area (Å²) in [6.07, 6.45) is -0.498. The Labute approximate surface area is 138 Å². The van der Waals surface area contributed by atoms with E-state index in [4.69, 9.17) is 4.74 Å². The zero-order valence-corrected chi connectivity index (χ0v) is 13.9. The summed E-state index contributed by atoms with van der Waals surface area (Å²) in [6.45, 7) is 2.69. The second-order valence-electron chi connectivity index (χ2n) is 5.80. The first kappa shape index (κ1) is 17.3. The Bertz CT molecular complexity index is 548. The maximum Gasteiger partial charge on any atom is 0.119 e. The van der Waals surface area contributed by atoms with Crippen LogP contribution in [0.5, 0.6) is 5.75 Å². The summed E-state index contributed by atoms with van der Waals surface area (Å²) in [5.74, 6) is 0.790. The van der Waals surface area contributed by atoms with E-state index >= 15 is 0 Å². The molecule has 124 valence electrons. The molecule has 0 spiro atoms. The number of nitrogens with zero attached hydrogens (tertiary/aromatic N) is 2. The average Bonchev–Trinajstić information content (AvgIpc) is 2.59. The van der Waals surface area contributed by atoms with Gasteiger partial charge < -0.3 is 19.6 Å². The van der Waals surface area contributed by atoms with Gasteiger partial charge in [-0.1, -0.05) is 36.4 Å². The van der Waals surface area contributed by atoms with Crippen molar-refractivity contribution in [3.63, 3.8) is 0 Å². The fraction of sp³-hybridized carbons (Fsp3) is 0.368. The van der Waals surface area contributed by atoms with Crippen molar-refractivity contribution in [3.8, 4) is 5.75 Å². The molecule has 0 aliphatic carbocycles. The van der Waals surface area contributed by atoms with Crippen LogP contribution >= 0.6 is 0 Å². The normalized spacial score (nSPS) is 12.2. The van der Waals surface area contributed by atoms with Gasteiger partial charge in [-0.05, 0) is 31.3 Å². The molecule has 0 aliphatic rings. The Morgan fingerprint density at radius 2 is 1.52 bits per heavy atom. The summed E-state index contributed by atoms with van der Waals surface area (Å²) in [5.41, 5.74) is 1.20. The Morgan fingerprint density at radius 3 is 2.17 bits per heavy atom. The highest BCUT2D eigenvalue weighted by atomic mass is 16.5. The number of ether oxygens (including phenoxy) is 1. The van der Waals surface area contributed by atoms with E-state index in [0.29, 0.717) is 13.2 Å². The van der Waals surface area contributed by atoms with Gasteiger partial charge >= 0.3 is 0 Å². The average molecular weight is 314 g/mol. The third-order valence-corrected chi connectivity index (χ3v) is 3.72. The minimum atomic E-state index is -0.498. The lowest BCUT2D eigenvalue weighted by Crippen LogP contribution is -2.37. The molecule has 4 nitrogen and oxygen atoms in total. The van der Waals surface area contributed by atoms with E-state index in [1.54, 1.807) is 0 Å². The van der Waals surface area contributed by atoms with E-state index in [-0.39, 0.29) is 0 Å². The minimum absolute atomic E-state index is 0.308. The van der Waals surface area contributed by atoms with E-state index in [2.05, 4.69) is 29.0 Å². The SMILES string of the molecule is CN(CCN(C)c1ccccc1)CC(O)COc1ccccc1. The smallest absolute Gasteiger partial charge is 0.119 e. The van der Waals surface area contributed by atoms with Crippen LogP contribution in [-0.4, -0.2) is 56.4 Å². The van der Waals surface area contributed by atoms with Gasteiger partial charge in [0.2, 0.25) is 0 Å². The first-order chi connectivity index (χ1) is 11.1. The van der Waals surface area contributed by atoms with Crippen molar-refractivity contribution in [1.29, 1.82) is 0 Å². The van der Waals surface area contributed by atoms with E-state index in [1.807, 2.05) is 55.6 Å². The van der Waals surface area contributed by atoms with Gasteiger partial charge in [-0.25, -0.2) is 0 Å². The molecule has 2 rings (SSSR count). The van der Waals surface area contributed by atoms with Crippen LogP contribution in [0.4, 0.5) is 5.69 Å². The highest BCUT2D eigenvalue weighted by molar-refractivity contribution is 5.44. The maximum absolute atomic E-state index is 10.1. The highest BCUT2D eigenvalue weighted by Crippen LogP contribution is 2.11. The first-order valence-corrected chi connectivity index (χ1v) is 7.96. The number of rotatable bonds is 9. The van der Waals surface area contributed by atoms with Gasteiger partial charge in [-0.3, -0.25) is 0 Å². The number of anilines is 1. The predicted octanol–water partition coefficient (Wildman–Crippen LogP) is 2.49. The summed E-state index contributed by atoms with van der Waals surface area (Å²) >= 11 is 0. The van der Waals surface area contributed by atoms with Crippen molar-refractivity contribution in [2.45, 2.75) is 6.10 Å². The molecular formula is C19H26N2O2. The standard InChI is InChI=1S/C19H26N2O2/c1-20(13-14-21(2)17-9-5-3-6-10-17)15-18(22)16-23-19-11-7-4-8-12-19/h3-12,18,22H,13-16H2,1-2H3. The molecule has 1 unspecified atom stereocenters. The van der Waals surface area contributed by atoms with Crippen molar-refractivity contribution in [2.75, 3.05) is 45.2 Å². The number of aliphatic hydroxyl groups is 1. The zero-order valence-electron chi connectivity index (χ0n) is 13.9. The van der Waals surface area contributed by atoms with Crippen LogP contribution in [0.1, 0.15) is 0 Å². The van der Waals surface area contributed by atoms with E-state index < -0.39 is 6.10 Å². The maximum atomic E-state index is 10.1. The molecule has 0 radical (unpaired) electrons. The van der Waals surface area contributed by atoms with Crippen molar-refractivity contribution in [1.82, 2.24) is 4.90 Å². The van der Waals surface area contributed by atoms with Crippen molar-refractivity contribution in [3.05, 3.63) is 60.7 Å². The molecule has 1 atom stereocenters. The van der Waals surface area contributed by atoms with Crippen molar-refractivity contribution < 1.29 is 9.84 Å². The molecule has 2 aromatic carbocycles. The van der Waals surface area contributed by atoms with Crippen LogP contribution in [0.25, 0.3) is 0 Å². The van der Waals surface area contributed by atoms with Gasteiger partial charge in [-0.15, -0.1) is 0 Å². The fourth-order valence-electron chi connectivity index (χ4n) is 2.35. The molecule has 0 heterocycles. The number of para-hydroxylation sites is 2. The Morgan fingerprint density at radius 1 is 0.913 bits per heavy atom.